The molecule has 0 unspecified atom stereocenters. The van der Waals surface area contributed by atoms with Gasteiger partial charge in [-0.05, 0) is 18.8 Å². The van der Waals surface area contributed by atoms with Gasteiger partial charge in [0, 0.05) is 12.3 Å². The predicted octanol–water partition coefficient (Wildman–Crippen LogP) is 2.40. The maximum Gasteiger partial charge on any atom is 0.135 e. The molecular weight excluding hydrogens is 164 g/mol. The number of hydrogen-bond donors (Lipinski definition) is 1. The summed E-state index contributed by atoms with van der Waals surface area (Å²) in [5, 5.41) is 9.52. The number of aliphatic hydroxyl groups excluding tert-OH is 1. The van der Waals surface area contributed by atoms with Gasteiger partial charge in [0.25, 0.3) is 0 Å². The summed E-state index contributed by atoms with van der Waals surface area (Å²) in [6.07, 6.45) is 1.93. The highest BCUT2D eigenvalue weighted by Gasteiger charge is 2.18. The van der Waals surface area contributed by atoms with E-state index >= 15 is 0 Å². The second kappa shape index (κ2) is 6.14. The maximum atomic E-state index is 11.3. The van der Waals surface area contributed by atoms with Crippen molar-refractivity contribution >= 4 is 5.78 Å². The maximum absolute atomic E-state index is 11.3. The minimum absolute atomic E-state index is 0.0983. The van der Waals surface area contributed by atoms with Crippen molar-refractivity contribution in [2.75, 3.05) is 0 Å². The summed E-state index contributed by atoms with van der Waals surface area (Å²) in [7, 11) is 0. The predicted molar refractivity (Wildman–Crippen MR) is 54.5 cm³/mol. The Bertz CT molecular complexity index is 154. The summed E-state index contributed by atoms with van der Waals surface area (Å²) in [5.41, 5.74) is 0. The van der Waals surface area contributed by atoms with Gasteiger partial charge in [0.05, 0.1) is 6.10 Å². The van der Waals surface area contributed by atoms with Gasteiger partial charge < -0.3 is 5.11 Å². The Labute approximate surface area is 81.3 Å². The van der Waals surface area contributed by atoms with Crippen LogP contribution >= 0.6 is 0 Å². The van der Waals surface area contributed by atoms with Crippen molar-refractivity contribution in [2.24, 2.45) is 11.8 Å². The number of ketones is 1. The molecule has 3 atom stereocenters. The quantitative estimate of drug-likeness (QED) is 0.691. The van der Waals surface area contributed by atoms with E-state index in [1.165, 1.54) is 0 Å². The molecule has 0 aromatic carbocycles. The number of carbonyl (C=O) groups is 1. The van der Waals surface area contributed by atoms with E-state index in [1.54, 1.807) is 0 Å². The smallest absolute Gasteiger partial charge is 0.135 e. The Balaban J connectivity index is 3.90. The van der Waals surface area contributed by atoms with Crippen molar-refractivity contribution < 1.29 is 9.90 Å². The summed E-state index contributed by atoms with van der Waals surface area (Å²) in [6.45, 7) is 7.81. The monoisotopic (exact) mass is 186 g/mol. The van der Waals surface area contributed by atoms with E-state index in [1.807, 2.05) is 27.7 Å². The summed E-state index contributed by atoms with van der Waals surface area (Å²) < 4.78 is 0. The second-order valence-corrected chi connectivity index (χ2v) is 3.91. The van der Waals surface area contributed by atoms with E-state index in [-0.39, 0.29) is 17.9 Å². The van der Waals surface area contributed by atoms with Gasteiger partial charge >= 0.3 is 0 Å². The Morgan fingerprint density at radius 2 is 1.85 bits per heavy atom. The Kier molecular flexibility index (Phi) is 5.97. The molecule has 13 heavy (non-hydrogen) atoms. The molecule has 0 aliphatic rings. The van der Waals surface area contributed by atoms with E-state index in [9.17, 15) is 9.90 Å². The molecule has 0 aromatic rings. The van der Waals surface area contributed by atoms with Gasteiger partial charge in [0.15, 0.2) is 0 Å². The summed E-state index contributed by atoms with van der Waals surface area (Å²) in [4.78, 5) is 11.3. The van der Waals surface area contributed by atoms with E-state index in [0.29, 0.717) is 12.2 Å². The van der Waals surface area contributed by atoms with Crippen molar-refractivity contribution in [1.29, 1.82) is 0 Å². The normalized spacial score (nSPS) is 17.9. The zero-order chi connectivity index (χ0) is 10.4. The third-order valence-electron chi connectivity index (χ3n) is 2.70. The molecule has 0 spiro atoms. The third-order valence-corrected chi connectivity index (χ3v) is 2.70. The van der Waals surface area contributed by atoms with Crippen LogP contribution in [0.2, 0.25) is 0 Å². The van der Waals surface area contributed by atoms with Crippen LogP contribution in [-0.4, -0.2) is 17.0 Å². The summed E-state index contributed by atoms with van der Waals surface area (Å²) >= 11 is 0. The Morgan fingerprint density at radius 3 is 2.23 bits per heavy atom. The molecule has 1 N–H and O–H groups in total. The first-order chi connectivity index (χ1) is 6.02. The third kappa shape index (κ3) is 4.41. The average molecular weight is 186 g/mol. The number of hydrogen-bond acceptors (Lipinski definition) is 2. The fraction of sp³-hybridized carbons (Fsp3) is 0.909. The van der Waals surface area contributed by atoms with Crippen LogP contribution in [0.3, 0.4) is 0 Å². The van der Waals surface area contributed by atoms with Crippen LogP contribution in [0.25, 0.3) is 0 Å². The SMILES string of the molecule is CCC(=O)[C@@H](C)C[C@H](C)[C@@H](O)CC. The van der Waals surface area contributed by atoms with Crippen molar-refractivity contribution in [3.63, 3.8) is 0 Å². The van der Waals surface area contributed by atoms with Gasteiger partial charge in [-0.2, -0.15) is 0 Å². The highest BCUT2D eigenvalue weighted by Crippen LogP contribution is 2.18. The number of Topliss-reactive ketones (excluding diaryl/α,β-unsaturated/α-hetero) is 1. The standard InChI is InChI=1S/C11H22O2/c1-5-10(12)8(3)7-9(4)11(13)6-2/h8-10,12H,5-7H2,1-4H3/t8-,9-,10-/m0/s1. The highest BCUT2D eigenvalue weighted by atomic mass is 16.3. The molecule has 0 radical (unpaired) electrons. The zero-order valence-electron chi connectivity index (χ0n) is 9.21. The van der Waals surface area contributed by atoms with Crippen LogP contribution in [0.1, 0.15) is 47.0 Å². The molecule has 0 fully saturated rings. The molecule has 0 saturated heterocycles. The van der Waals surface area contributed by atoms with Crippen LogP contribution in [0.15, 0.2) is 0 Å². The Hall–Kier alpha value is -0.370. The van der Waals surface area contributed by atoms with Gasteiger partial charge in [-0.1, -0.05) is 27.7 Å². The lowest BCUT2D eigenvalue weighted by atomic mass is 9.89. The zero-order valence-corrected chi connectivity index (χ0v) is 9.21. The molecule has 0 bridgehead atoms. The van der Waals surface area contributed by atoms with Crippen molar-refractivity contribution in [3.05, 3.63) is 0 Å². The average Bonchev–Trinajstić information content (AvgIpc) is 2.14. The van der Waals surface area contributed by atoms with Crippen molar-refractivity contribution in [3.8, 4) is 0 Å². The van der Waals surface area contributed by atoms with Gasteiger partial charge in [0.1, 0.15) is 5.78 Å². The lowest BCUT2D eigenvalue weighted by Crippen LogP contribution is -2.22. The van der Waals surface area contributed by atoms with Crippen LogP contribution in [0.4, 0.5) is 0 Å². The highest BCUT2D eigenvalue weighted by molar-refractivity contribution is 5.80. The van der Waals surface area contributed by atoms with Crippen molar-refractivity contribution in [1.82, 2.24) is 0 Å². The fourth-order valence-corrected chi connectivity index (χ4v) is 1.60. The van der Waals surface area contributed by atoms with Crippen LogP contribution in [0.5, 0.6) is 0 Å². The second-order valence-electron chi connectivity index (χ2n) is 3.91. The van der Waals surface area contributed by atoms with E-state index in [2.05, 4.69) is 0 Å². The first-order valence-electron chi connectivity index (χ1n) is 5.23. The molecule has 0 heterocycles. The minimum Gasteiger partial charge on any atom is -0.393 e. The van der Waals surface area contributed by atoms with Gasteiger partial charge in [-0.15, -0.1) is 0 Å². The number of rotatable bonds is 6. The van der Waals surface area contributed by atoms with Crippen LogP contribution in [0, 0.1) is 11.8 Å². The van der Waals surface area contributed by atoms with E-state index < -0.39 is 0 Å². The first kappa shape index (κ1) is 12.6. The molecule has 0 aliphatic heterocycles. The minimum atomic E-state index is -0.257. The summed E-state index contributed by atoms with van der Waals surface area (Å²) in [6, 6.07) is 0. The van der Waals surface area contributed by atoms with E-state index in [0.717, 1.165) is 12.8 Å². The molecule has 0 rings (SSSR count). The first-order valence-corrected chi connectivity index (χ1v) is 5.23. The number of aliphatic hydroxyl groups is 1. The molecule has 0 aliphatic carbocycles. The molecular formula is C11H22O2. The molecule has 2 nitrogen and oxygen atoms in total. The molecule has 0 saturated carbocycles. The van der Waals surface area contributed by atoms with Gasteiger partial charge in [-0.25, -0.2) is 0 Å². The molecule has 78 valence electrons. The van der Waals surface area contributed by atoms with Crippen LogP contribution in [-0.2, 0) is 4.79 Å². The van der Waals surface area contributed by atoms with Gasteiger partial charge in [-0.3, -0.25) is 4.79 Å². The largest absolute Gasteiger partial charge is 0.393 e. The summed E-state index contributed by atoms with van der Waals surface area (Å²) in [5.74, 6) is 0.631. The topological polar surface area (TPSA) is 37.3 Å². The molecule has 0 amide bonds. The lowest BCUT2D eigenvalue weighted by molar-refractivity contribution is -0.122. The van der Waals surface area contributed by atoms with Crippen LogP contribution < -0.4 is 0 Å². The van der Waals surface area contributed by atoms with Crippen molar-refractivity contribution in [2.45, 2.75) is 53.1 Å². The fourth-order valence-electron chi connectivity index (χ4n) is 1.60. The van der Waals surface area contributed by atoms with Gasteiger partial charge in [0.2, 0.25) is 0 Å². The number of carbonyl (C=O) groups excluding carboxylic acids is 1. The lowest BCUT2D eigenvalue weighted by Gasteiger charge is -2.20. The Morgan fingerprint density at radius 1 is 1.31 bits per heavy atom. The van der Waals surface area contributed by atoms with E-state index in [4.69, 9.17) is 0 Å². The molecule has 2 heteroatoms. The molecule has 0 aromatic heterocycles.